The van der Waals surface area contributed by atoms with Crippen LogP contribution in [-0.2, 0) is 0 Å². The fourth-order valence-corrected chi connectivity index (χ4v) is 4.00. The number of hydrogen-bond donors (Lipinski definition) is 0. The standard InChI is InChI=1S/C15H22N2S/c1-12-10-16-9-5-6-13(16)11-17(12)14-7-3-4-8-15(14)18-2/h3-4,7-8,12-13H,5-6,9-11H2,1-2H3. The van der Waals surface area contributed by atoms with Crippen molar-refractivity contribution in [1.29, 1.82) is 0 Å². The highest BCUT2D eigenvalue weighted by molar-refractivity contribution is 7.98. The number of nitrogens with zero attached hydrogens (tertiary/aromatic N) is 2. The molecule has 0 bridgehead atoms. The quantitative estimate of drug-likeness (QED) is 0.756. The van der Waals surface area contributed by atoms with E-state index in [1.54, 1.807) is 0 Å². The second-order valence-electron chi connectivity index (χ2n) is 5.46. The second-order valence-corrected chi connectivity index (χ2v) is 6.31. The lowest BCUT2D eigenvalue weighted by Crippen LogP contribution is -2.55. The van der Waals surface area contributed by atoms with Gasteiger partial charge in [0, 0.05) is 30.1 Å². The molecule has 1 aromatic rings. The Balaban J connectivity index is 1.86. The van der Waals surface area contributed by atoms with Crippen molar-refractivity contribution in [3.63, 3.8) is 0 Å². The maximum atomic E-state index is 2.68. The number of piperazine rings is 1. The van der Waals surface area contributed by atoms with Gasteiger partial charge in [0.05, 0.1) is 5.69 Å². The SMILES string of the molecule is CSc1ccccc1N1CC2CCCN2CC1C. The Kier molecular flexibility index (Phi) is 3.53. The molecule has 3 rings (SSSR count). The molecule has 0 N–H and O–H groups in total. The van der Waals surface area contributed by atoms with Gasteiger partial charge >= 0.3 is 0 Å². The largest absolute Gasteiger partial charge is 0.365 e. The Morgan fingerprint density at radius 3 is 2.89 bits per heavy atom. The molecule has 0 amide bonds. The van der Waals surface area contributed by atoms with Gasteiger partial charge in [0.1, 0.15) is 0 Å². The zero-order chi connectivity index (χ0) is 12.5. The fourth-order valence-electron chi connectivity index (χ4n) is 3.39. The first kappa shape index (κ1) is 12.4. The number of fused-ring (bicyclic) bond motifs is 1. The Bertz CT molecular complexity index is 421. The summed E-state index contributed by atoms with van der Waals surface area (Å²) in [6, 6.07) is 10.3. The first-order chi connectivity index (χ1) is 8.79. The maximum absolute atomic E-state index is 2.68. The van der Waals surface area contributed by atoms with Gasteiger partial charge in [0.2, 0.25) is 0 Å². The van der Waals surface area contributed by atoms with Gasteiger partial charge in [-0.15, -0.1) is 11.8 Å². The molecule has 18 heavy (non-hydrogen) atoms. The predicted octanol–water partition coefficient (Wildman–Crippen LogP) is 3.08. The third-order valence-electron chi connectivity index (χ3n) is 4.33. The molecule has 3 heteroatoms. The smallest absolute Gasteiger partial charge is 0.0507 e. The van der Waals surface area contributed by atoms with Crippen LogP contribution in [0.3, 0.4) is 0 Å². The fraction of sp³-hybridized carbons (Fsp3) is 0.600. The minimum absolute atomic E-state index is 0.632. The van der Waals surface area contributed by atoms with Crippen molar-refractivity contribution in [2.24, 2.45) is 0 Å². The van der Waals surface area contributed by atoms with Crippen molar-refractivity contribution in [3.05, 3.63) is 24.3 Å². The second kappa shape index (κ2) is 5.14. The number of para-hydroxylation sites is 1. The average Bonchev–Trinajstić information content (AvgIpc) is 2.84. The Hall–Kier alpha value is -0.670. The number of hydrogen-bond acceptors (Lipinski definition) is 3. The van der Waals surface area contributed by atoms with Crippen molar-refractivity contribution in [1.82, 2.24) is 4.90 Å². The highest BCUT2D eigenvalue weighted by atomic mass is 32.2. The summed E-state index contributed by atoms with van der Waals surface area (Å²) in [4.78, 5) is 6.72. The molecule has 2 aliphatic rings. The highest BCUT2D eigenvalue weighted by Crippen LogP contribution is 2.34. The third-order valence-corrected chi connectivity index (χ3v) is 5.12. The zero-order valence-corrected chi connectivity index (χ0v) is 12.1. The van der Waals surface area contributed by atoms with E-state index >= 15 is 0 Å². The van der Waals surface area contributed by atoms with Crippen molar-refractivity contribution < 1.29 is 0 Å². The molecule has 2 saturated heterocycles. The molecule has 1 aromatic carbocycles. The van der Waals surface area contributed by atoms with E-state index in [9.17, 15) is 0 Å². The summed E-state index contributed by atoms with van der Waals surface area (Å²) in [5, 5.41) is 0. The lowest BCUT2D eigenvalue weighted by atomic mass is 10.1. The van der Waals surface area contributed by atoms with Gasteiger partial charge in [-0.3, -0.25) is 4.90 Å². The number of anilines is 1. The lowest BCUT2D eigenvalue weighted by molar-refractivity contribution is 0.202. The van der Waals surface area contributed by atoms with E-state index in [1.165, 1.54) is 43.1 Å². The van der Waals surface area contributed by atoms with E-state index in [4.69, 9.17) is 0 Å². The Morgan fingerprint density at radius 1 is 1.22 bits per heavy atom. The molecule has 2 heterocycles. The monoisotopic (exact) mass is 262 g/mol. The minimum atomic E-state index is 0.632. The van der Waals surface area contributed by atoms with Crippen LogP contribution in [0.2, 0.25) is 0 Å². The molecular formula is C15H22N2S. The molecule has 2 aliphatic heterocycles. The molecule has 2 atom stereocenters. The van der Waals surface area contributed by atoms with Gasteiger partial charge in [-0.2, -0.15) is 0 Å². The van der Waals surface area contributed by atoms with Gasteiger partial charge < -0.3 is 4.90 Å². The van der Waals surface area contributed by atoms with Crippen molar-refractivity contribution in [2.45, 2.75) is 36.7 Å². The van der Waals surface area contributed by atoms with Crippen LogP contribution >= 0.6 is 11.8 Å². The summed E-state index contributed by atoms with van der Waals surface area (Å²) in [5.74, 6) is 0. The van der Waals surface area contributed by atoms with Crippen LogP contribution in [0.5, 0.6) is 0 Å². The van der Waals surface area contributed by atoms with Crippen LogP contribution in [0, 0.1) is 0 Å². The summed E-state index contributed by atoms with van der Waals surface area (Å²) in [5.41, 5.74) is 1.43. The molecule has 2 fully saturated rings. The topological polar surface area (TPSA) is 6.48 Å². The van der Waals surface area contributed by atoms with E-state index in [1.807, 2.05) is 11.8 Å². The van der Waals surface area contributed by atoms with E-state index in [2.05, 4.69) is 47.2 Å². The maximum Gasteiger partial charge on any atom is 0.0507 e. The summed E-state index contributed by atoms with van der Waals surface area (Å²) in [6.45, 7) is 6.12. The van der Waals surface area contributed by atoms with Gasteiger partial charge in [-0.1, -0.05) is 12.1 Å². The first-order valence-electron chi connectivity index (χ1n) is 6.93. The molecule has 2 nitrogen and oxygen atoms in total. The first-order valence-corrected chi connectivity index (χ1v) is 8.16. The lowest BCUT2D eigenvalue weighted by Gasteiger charge is -2.44. The van der Waals surface area contributed by atoms with Gasteiger partial charge in [0.15, 0.2) is 0 Å². The molecule has 2 unspecified atom stereocenters. The molecule has 0 aromatic heterocycles. The summed E-state index contributed by atoms with van der Waals surface area (Å²) in [7, 11) is 0. The van der Waals surface area contributed by atoms with Crippen molar-refractivity contribution in [2.75, 3.05) is 30.8 Å². The van der Waals surface area contributed by atoms with Crippen LogP contribution in [-0.4, -0.2) is 42.9 Å². The molecule has 0 spiro atoms. The number of benzene rings is 1. The molecule has 98 valence electrons. The van der Waals surface area contributed by atoms with E-state index < -0.39 is 0 Å². The minimum Gasteiger partial charge on any atom is -0.365 e. The van der Waals surface area contributed by atoms with Gasteiger partial charge in [0.25, 0.3) is 0 Å². The van der Waals surface area contributed by atoms with E-state index in [0.717, 1.165) is 6.04 Å². The van der Waals surface area contributed by atoms with Crippen LogP contribution in [0.1, 0.15) is 19.8 Å². The summed E-state index contributed by atoms with van der Waals surface area (Å²) < 4.78 is 0. The predicted molar refractivity (Wildman–Crippen MR) is 79.6 cm³/mol. The highest BCUT2D eigenvalue weighted by Gasteiger charge is 2.34. The summed E-state index contributed by atoms with van der Waals surface area (Å²) >= 11 is 1.86. The third kappa shape index (κ3) is 2.14. The molecule has 0 aliphatic carbocycles. The average molecular weight is 262 g/mol. The van der Waals surface area contributed by atoms with Crippen LogP contribution < -0.4 is 4.90 Å². The number of thioether (sulfide) groups is 1. The van der Waals surface area contributed by atoms with Gasteiger partial charge in [-0.25, -0.2) is 0 Å². The Morgan fingerprint density at radius 2 is 2.06 bits per heavy atom. The summed E-state index contributed by atoms with van der Waals surface area (Å²) in [6.07, 6.45) is 4.94. The molecule has 0 saturated carbocycles. The van der Waals surface area contributed by atoms with Crippen LogP contribution in [0.25, 0.3) is 0 Å². The van der Waals surface area contributed by atoms with E-state index in [-0.39, 0.29) is 0 Å². The van der Waals surface area contributed by atoms with Crippen molar-refractivity contribution >= 4 is 17.4 Å². The van der Waals surface area contributed by atoms with Crippen LogP contribution in [0.15, 0.2) is 29.2 Å². The van der Waals surface area contributed by atoms with Crippen LogP contribution in [0.4, 0.5) is 5.69 Å². The van der Waals surface area contributed by atoms with Gasteiger partial charge in [-0.05, 0) is 44.7 Å². The molecule has 0 radical (unpaired) electrons. The van der Waals surface area contributed by atoms with Crippen molar-refractivity contribution in [3.8, 4) is 0 Å². The zero-order valence-electron chi connectivity index (χ0n) is 11.3. The number of rotatable bonds is 2. The molecular weight excluding hydrogens is 240 g/mol. The normalized spacial score (nSPS) is 28.4. The van der Waals surface area contributed by atoms with E-state index in [0.29, 0.717) is 6.04 Å². The Labute approximate surface area is 114 Å².